The van der Waals surface area contributed by atoms with Crippen LogP contribution in [-0.4, -0.2) is 23.8 Å². The summed E-state index contributed by atoms with van der Waals surface area (Å²) in [5.74, 6) is 0.379. The standard InChI is InChI=1S/C25H21BrI2N2O4S/c1-4-33-22-17(27)10-14(11-18(22)28)12-19-23(31)30-21(15-6-8-16(26)9-7-15)20(24(32)34-5-2)13(3)29-25(30)35-19/h6-12,21H,4-5H2,1-3H3/b19-12-/t21-/m1/s1. The molecule has 3 aromatic rings. The highest BCUT2D eigenvalue weighted by Gasteiger charge is 2.33. The number of fused-ring (bicyclic) bond motifs is 1. The van der Waals surface area contributed by atoms with Gasteiger partial charge in [-0.1, -0.05) is 39.4 Å². The Morgan fingerprint density at radius 1 is 1.17 bits per heavy atom. The molecule has 0 saturated carbocycles. The van der Waals surface area contributed by atoms with E-state index in [9.17, 15) is 9.59 Å². The zero-order valence-corrected chi connectivity index (χ0v) is 25.8. The number of aromatic nitrogens is 1. The van der Waals surface area contributed by atoms with E-state index >= 15 is 0 Å². The van der Waals surface area contributed by atoms with Gasteiger partial charge in [0, 0.05) is 4.47 Å². The van der Waals surface area contributed by atoms with Crippen LogP contribution in [-0.2, 0) is 9.53 Å². The molecule has 0 fully saturated rings. The Hall–Kier alpha value is -1.51. The van der Waals surface area contributed by atoms with Crippen LogP contribution in [0.2, 0.25) is 0 Å². The number of nitrogens with zero attached hydrogens (tertiary/aromatic N) is 2. The fraction of sp³-hybridized carbons (Fsp3) is 0.240. The van der Waals surface area contributed by atoms with Crippen molar-refractivity contribution in [3.05, 3.63) is 90.1 Å². The molecule has 1 aliphatic rings. The lowest BCUT2D eigenvalue weighted by Gasteiger charge is -2.24. The second kappa shape index (κ2) is 11.3. The van der Waals surface area contributed by atoms with Crippen molar-refractivity contribution in [2.45, 2.75) is 26.8 Å². The van der Waals surface area contributed by atoms with Gasteiger partial charge in [-0.25, -0.2) is 9.79 Å². The van der Waals surface area contributed by atoms with Gasteiger partial charge in [0.15, 0.2) is 4.80 Å². The molecule has 0 N–H and O–H groups in total. The molecule has 1 aromatic heterocycles. The largest absolute Gasteiger partial charge is 0.492 e. The lowest BCUT2D eigenvalue weighted by Crippen LogP contribution is -2.39. The third-order valence-electron chi connectivity index (χ3n) is 5.31. The third kappa shape index (κ3) is 5.44. The summed E-state index contributed by atoms with van der Waals surface area (Å²) in [4.78, 5) is 31.8. The fourth-order valence-corrected chi connectivity index (χ4v) is 7.29. The van der Waals surface area contributed by atoms with E-state index in [1.807, 2.05) is 49.4 Å². The number of carbonyl (C=O) groups excluding carboxylic acids is 1. The first kappa shape index (κ1) is 26.6. The summed E-state index contributed by atoms with van der Waals surface area (Å²) in [6, 6.07) is 11.0. The number of hydrogen-bond donors (Lipinski definition) is 0. The van der Waals surface area contributed by atoms with E-state index in [0.717, 1.165) is 28.5 Å². The van der Waals surface area contributed by atoms with E-state index in [1.54, 1.807) is 18.4 Å². The summed E-state index contributed by atoms with van der Waals surface area (Å²) in [5.41, 5.74) is 2.43. The maximum absolute atomic E-state index is 13.7. The fourth-order valence-electron chi connectivity index (χ4n) is 3.85. The van der Waals surface area contributed by atoms with Gasteiger partial charge in [-0.05, 0) is 107 Å². The molecule has 6 nitrogen and oxygen atoms in total. The van der Waals surface area contributed by atoms with Gasteiger partial charge in [0.1, 0.15) is 5.75 Å². The molecular weight excluding hydrogens is 758 g/mol. The van der Waals surface area contributed by atoms with E-state index in [-0.39, 0.29) is 12.2 Å². The van der Waals surface area contributed by atoms with Crippen LogP contribution in [0.1, 0.15) is 37.9 Å². The molecule has 0 amide bonds. The van der Waals surface area contributed by atoms with Crippen LogP contribution in [0.25, 0.3) is 6.08 Å². The van der Waals surface area contributed by atoms with Crippen molar-refractivity contribution in [1.82, 2.24) is 4.57 Å². The summed E-state index contributed by atoms with van der Waals surface area (Å²) >= 11 is 9.27. The van der Waals surface area contributed by atoms with E-state index < -0.39 is 12.0 Å². The van der Waals surface area contributed by atoms with E-state index in [2.05, 4.69) is 66.1 Å². The van der Waals surface area contributed by atoms with Gasteiger partial charge in [-0.15, -0.1) is 0 Å². The molecule has 0 bridgehead atoms. The van der Waals surface area contributed by atoms with E-state index in [1.165, 1.54) is 11.3 Å². The number of halogens is 3. The zero-order chi connectivity index (χ0) is 25.3. The molecule has 2 aromatic carbocycles. The van der Waals surface area contributed by atoms with Crippen LogP contribution in [0.4, 0.5) is 0 Å². The molecule has 1 atom stereocenters. The van der Waals surface area contributed by atoms with Gasteiger partial charge in [-0.3, -0.25) is 9.36 Å². The topological polar surface area (TPSA) is 69.9 Å². The van der Waals surface area contributed by atoms with Crippen LogP contribution in [0.3, 0.4) is 0 Å². The molecule has 0 unspecified atom stereocenters. The Morgan fingerprint density at radius 2 is 1.83 bits per heavy atom. The number of esters is 1. The number of carbonyl (C=O) groups is 1. The quantitative estimate of drug-likeness (QED) is 0.256. The van der Waals surface area contributed by atoms with Crippen molar-refractivity contribution in [2.24, 2.45) is 4.99 Å². The smallest absolute Gasteiger partial charge is 0.338 e. The van der Waals surface area contributed by atoms with Crippen molar-refractivity contribution < 1.29 is 14.3 Å². The summed E-state index contributed by atoms with van der Waals surface area (Å²) in [6.45, 7) is 6.32. The Balaban J connectivity index is 1.91. The van der Waals surface area contributed by atoms with Crippen molar-refractivity contribution in [2.75, 3.05) is 13.2 Å². The highest BCUT2D eigenvalue weighted by atomic mass is 127. The van der Waals surface area contributed by atoms with Crippen LogP contribution in [0, 0.1) is 7.14 Å². The molecule has 4 rings (SSSR count). The van der Waals surface area contributed by atoms with Crippen molar-refractivity contribution in [1.29, 1.82) is 0 Å². The molecule has 35 heavy (non-hydrogen) atoms. The number of ether oxygens (including phenoxy) is 2. The predicted molar refractivity (Wildman–Crippen MR) is 158 cm³/mol. The summed E-state index contributed by atoms with van der Waals surface area (Å²) in [7, 11) is 0. The molecule has 2 heterocycles. The monoisotopic (exact) mass is 778 g/mol. The third-order valence-corrected chi connectivity index (χ3v) is 8.42. The van der Waals surface area contributed by atoms with Gasteiger partial charge >= 0.3 is 5.97 Å². The van der Waals surface area contributed by atoms with Gasteiger partial charge in [0.25, 0.3) is 5.56 Å². The first-order valence-corrected chi connectivity index (χ1v) is 14.6. The van der Waals surface area contributed by atoms with Crippen molar-refractivity contribution in [3.8, 4) is 5.75 Å². The minimum absolute atomic E-state index is 0.199. The maximum atomic E-state index is 13.7. The van der Waals surface area contributed by atoms with Crippen LogP contribution in [0.5, 0.6) is 5.75 Å². The number of benzene rings is 2. The lowest BCUT2D eigenvalue weighted by molar-refractivity contribution is -0.139. The van der Waals surface area contributed by atoms with Crippen LogP contribution in [0.15, 0.2) is 61.9 Å². The molecule has 1 aliphatic heterocycles. The first-order valence-electron chi connectivity index (χ1n) is 10.8. The molecule has 10 heteroatoms. The predicted octanol–water partition coefficient (Wildman–Crippen LogP) is 5.17. The minimum Gasteiger partial charge on any atom is -0.492 e. The Kier molecular flexibility index (Phi) is 8.54. The Morgan fingerprint density at radius 3 is 2.43 bits per heavy atom. The average molecular weight is 779 g/mol. The Bertz CT molecular complexity index is 1490. The van der Waals surface area contributed by atoms with Crippen molar-refractivity contribution >= 4 is 84.5 Å². The summed E-state index contributed by atoms with van der Waals surface area (Å²) in [5, 5.41) is 0. The van der Waals surface area contributed by atoms with Gasteiger partial charge in [0.05, 0.1) is 42.2 Å². The Labute approximate surface area is 242 Å². The van der Waals surface area contributed by atoms with Gasteiger partial charge in [0.2, 0.25) is 0 Å². The number of rotatable bonds is 6. The normalized spacial score (nSPS) is 15.6. The summed E-state index contributed by atoms with van der Waals surface area (Å²) < 4.78 is 16.1. The van der Waals surface area contributed by atoms with E-state index in [0.29, 0.717) is 27.2 Å². The van der Waals surface area contributed by atoms with Crippen molar-refractivity contribution in [3.63, 3.8) is 0 Å². The molecule has 0 aliphatic carbocycles. The molecule has 0 radical (unpaired) electrons. The van der Waals surface area contributed by atoms with Crippen LogP contribution < -0.4 is 19.6 Å². The lowest BCUT2D eigenvalue weighted by atomic mass is 9.96. The highest BCUT2D eigenvalue weighted by molar-refractivity contribution is 14.1. The number of hydrogen-bond acceptors (Lipinski definition) is 6. The van der Waals surface area contributed by atoms with Gasteiger partial charge < -0.3 is 9.47 Å². The first-order chi connectivity index (χ1) is 16.7. The molecule has 0 saturated heterocycles. The second-order valence-electron chi connectivity index (χ2n) is 7.60. The molecular formula is C25H21BrI2N2O4S. The number of allylic oxidation sites excluding steroid dienone is 1. The van der Waals surface area contributed by atoms with Crippen LogP contribution >= 0.6 is 72.4 Å². The highest BCUT2D eigenvalue weighted by Crippen LogP contribution is 2.32. The van der Waals surface area contributed by atoms with E-state index in [4.69, 9.17) is 9.47 Å². The molecule has 0 spiro atoms. The number of thiazole rings is 1. The SMILES string of the molecule is CCOC(=O)C1=C(C)N=c2s/c(=C\c3cc(I)c(OCC)c(I)c3)c(=O)n2[C@@H]1c1ccc(Br)cc1. The minimum atomic E-state index is -0.624. The maximum Gasteiger partial charge on any atom is 0.338 e. The average Bonchev–Trinajstić information content (AvgIpc) is 3.10. The van der Waals surface area contributed by atoms with Gasteiger partial charge in [-0.2, -0.15) is 0 Å². The second-order valence-corrected chi connectivity index (χ2v) is 11.8. The zero-order valence-electron chi connectivity index (χ0n) is 19.1. The molecule has 182 valence electrons. The summed E-state index contributed by atoms with van der Waals surface area (Å²) in [6.07, 6.45) is 1.87.